The second-order valence-electron chi connectivity index (χ2n) is 6.78. The molecule has 1 aliphatic carbocycles. The van der Waals surface area contributed by atoms with Crippen molar-refractivity contribution in [1.29, 1.82) is 0 Å². The van der Waals surface area contributed by atoms with Crippen molar-refractivity contribution < 1.29 is 4.42 Å². The number of nitrogens with two attached hydrogens (primary N) is 1. The summed E-state index contributed by atoms with van der Waals surface area (Å²) in [5.74, 6) is 2.65. The van der Waals surface area contributed by atoms with Gasteiger partial charge in [0.25, 0.3) is 0 Å². The third-order valence-electron chi connectivity index (χ3n) is 4.28. The summed E-state index contributed by atoms with van der Waals surface area (Å²) in [6, 6.07) is 5.10. The molecule has 0 amide bonds. The molecule has 0 aliphatic heterocycles. The highest BCUT2D eigenvalue weighted by atomic mass is 16.3. The summed E-state index contributed by atoms with van der Waals surface area (Å²) < 4.78 is 5.91. The molecule has 3 heteroatoms. The third kappa shape index (κ3) is 3.64. The summed E-state index contributed by atoms with van der Waals surface area (Å²) in [5, 5.41) is 0. The quantitative estimate of drug-likeness (QED) is 0.858. The van der Waals surface area contributed by atoms with Crippen LogP contribution in [0.4, 0.5) is 0 Å². The zero-order valence-corrected chi connectivity index (χ0v) is 13.4. The Labute approximate surface area is 123 Å². The number of hydrogen-bond donors (Lipinski definition) is 1. The first kappa shape index (κ1) is 15.6. The Hall–Kier alpha value is -0.800. The molecule has 0 bridgehead atoms. The molecule has 2 unspecified atom stereocenters. The fraction of sp³-hybridized carbons (Fsp3) is 0.765. The molecule has 1 aromatic heterocycles. The van der Waals surface area contributed by atoms with Crippen LogP contribution >= 0.6 is 0 Å². The molecule has 0 radical (unpaired) electrons. The molecule has 0 aromatic carbocycles. The minimum atomic E-state index is 0.0832. The van der Waals surface area contributed by atoms with Gasteiger partial charge in [-0.15, -0.1) is 0 Å². The van der Waals surface area contributed by atoms with Crippen LogP contribution in [0.1, 0.15) is 64.0 Å². The summed E-state index contributed by atoms with van der Waals surface area (Å²) in [6.45, 7) is 9.77. The van der Waals surface area contributed by atoms with Gasteiger partial charge in [-0.1, -0.05) is 26.7 Å². The average Bonchev–Trinajstić information content (AvgIpc) is 2.98. The predicted octanol–water partition coefficient (Wildman–Crippen LogP) is 3.88. The number of rotatable bonds is 6. The van der Waals surface area contributed by atoms with E-state index in [0.717, 1.165) is 18.1 Å². The van der Waals surface area contributed by atoms with E-state index in [2.05, 4.69) is 31.7 Å². The molecule has 2 rings (SSSR count). The molecule has 1 saturated carbocycles. The minimum absolute atomic E-state index is 0.0832. The van der Waals surface area contributed by atoms with Gasteiger partial charge in [-0.3, -0.25) is 4.90 Å². The van der Waals surface area contributed by atoms with Crippen LogP contribution in [0.15, 0.2) is 16.5 Å². The van der Waals surface area contributed by atoms with Gasteiger partial charge in [0.1, 0.15) is 11.5 Å². The van der Waals surface area contributed by atoms with Gasteiger partial charge in [0.15, 0.2) is 0 Å². The largest absolute Gasteiger partial charge is 0.465 e. The molecule has 3 nitrogen and oxygen atoms in total. The first-order valence-electron chi connectivity index (χ1n) is 8.06. The summed E-state index contributed by atoms with van der Waals surface area (Å²) in [5.41, 5.74) is 6.32. The van der Waals surface area contributed by atoms with Crippen molar-refractivity contribution in [3.63, 3.8) is 0 Å². The molecule has 1 heterocycles. The van der Waals surface area contributed by atoms with E-state index in [4.69, 9.17) is 10.2 Å². The van der Waals surface area contributed by atoms with E-state index in [9.17, 15) is 0 Å². The normalized spacial score (nSPS) is 19.9. The van der Waals surface area contributed by atoms with E-state index < -0.39 is 0 Å². The van der Waals surface area contributed by atoms with Crippen molar-refractivity contribution in [3.8, 4) is 0 Å². The van der Waals surface area contributed by atoms with Crippen LogP contribution in [0.3, 0.4) is 0 Å². The number of nitrogens with zero attached hydrogens (tertiary/aromatic N) is 1. The van der Waals surface area contributed by atoms with Crippen LogP contribution in [0, 0.1) is 12.8 Å². The highest BCUT2D eigenvalue weighted by Gasteiger charge is 2.33. The zero-order chi connectivity index (χ0) is 14.7. The molecular formula is C17H30N2O. The number of aryl methyl sites for hydroxylation is 1. The first-order valence-corrected chi connectivity index (χ1v) is 8.06. The van der Waals surface area contributed by atoms with E-state index in [0.29, 0.717) is 12.0 Å². The van der Waals surface area contributed by atoms with Gasteiger partial charge < -0.3 is 10.2 Å². The molecule has 1 aromatic rings. The summed E-state index contributed by atoms with van der Waals surface area (Å²) in [7, 11) is 0. The van der Waals surface area contributed by atoms with Gasteiger partial charge in [-0.2, -0.15) is 0 Å². The minimum Gasteiger partial charge on any atom is -0.465 e. The Kier molecular flexibility index (Phi) is 5.28. The lowest BCUT2D eigenvalue weighted by molar-refractivity contribution is 0.0890. The maximum Gasteiger partial charge on any atom is 0.122 e. The molecule has 20 heavy (non-hydrogen) atoms. The lowest BCUT2D eigenvalue weighted by Gasteiger charge is -2.38. The van der Waals surface area contributed by atoms with Crippen molar-refractivity contribution in [2.45, 2.75) is 71.5 Å². The van der Waals surface area contributed by atoms with Crippen molar-refractivity contribution in [2.24, 2.45) is 11.7 Å². The fourth-order valence-corrected chi connectivity index (χ4v) is 3.48. The standard InChI is InChI=1S/C17H30N2O/c1-12(2)11-19(15-7-5-6-8-15)17(14(4)18)16-10-9-13(3)20-16/h9-10,12,14-15,17H,5-8,11,18H2,1-4H3. The molecule has 2 N–H and O–H groups in total. The van der Waals surface area contributed by atoms with E-state index in [1.165, 1.54) is 25.7 Å². The zero-order valence-electron chi connectivity index (χ0n) is 13.4. The van der Waals surface area contributed by atoms with E-state index in [1.54, 1.807) is 0 Å². The maximum atomic E-state index is 6.32. The van der Waals surface area contributed by atoms with Gasteiger partial charge in [-0.05, 0) is 44.7 Å². The predicted molar refractivity (Wildman–Crippen MR) is 83.6 cm³/mol. The average molecular weight is 278 g/mol. The van der Waals surface area contributed by atoms with Gasteiger partial charge in [-0.25, -0.2) is 0 Å². The second kappa shape index (κ2) is 6.77. The van der Waals surface area contributed by atoms with Gasteiger partial charge in [0.2, 0.25) is 0 Å². The fourth-order valence-electron chi connectivity index (χ4n) is 3.48. The van der Waals surface area contributed by atoms with Crippen molar-refractivity contribution >= 4 is 0 Å². The lowest BCUT2D eigenvalue weighted by Crippen LogP contribution is -2.45. The van der Waals surface area contributed by atoms with Crippen LogP contribution in [0.2, 0.25) is 0 Å². The molecule has 1 fully saturated rings. The Bertz CT molecular complexity index is 405. The number of hydrogen-bond acceptors (Lipinski definition) is 3. The van der Waals surface area contributed by atoms with Crippen LogP contribution in [0.5, 0.6) is 0 Å². The van der Waals surface area contributed by atoms with Crippen LogP contribution in [-0.2, 0) is 0 Å². The third-order valence-corrected chi connectivity index (χ3v) is 4.28. The highest BCUT2D eigenvalue weighted by molar-refractivity contribution is 5.12. The Morgan fingerprint density at radius 2 is 1.90 bits per heavy atom. The lowest BCUT2D eigenvalue weighted by atomic mass is 10.0. The Morgan fingerprint density at radius 1 is 1.25 bits per heavy atom. The van der Waals surface area contributed by atoms with E-state index >= 15 is 0 Å². The Morgan fingerprint density at radius 3 is 2.35 bits per heavy atom. The first-order chi connectivity index (χ1) is 9.49. The van der Waals surface area contributed by atoms with E-state index in [-0.39, 0.29) is 12.1 Å². The Balaban J connectivity index is 2.25. The van der Waals surface area contributed by atoms with Crippen LogP contribution in [-0.4, -0.2) is 23.5 Å². The molecule has 0 spiro atoms. The monoisotopic (exact) mass is 278 g/mol. The van der Waals surface area contributed by atoms with Gasteiger partial charge in [0.05, 0.1) is 6.04 Å². The van der Waals surface area contributed by atoms with Gasteiger partial charge in [0, 0.05) is 18.6 Å². The summed E-state index contributed by atoms with van der Waals surface area (Å²) in [6.07, 6.45) is 5.30. The molecule has 114 valence electrons. The molecule has 2 atom stereocenters. The molecule has 1 aliphatic rings. The van der Waals surface area contributed by atoms with E-state index in [1.807, 2.05) is 13.0 Å². The topological polar surface area (TPSA) is 42.4 Å². The van der Waals surface area contributed by atoms with Crippen LogP contribution < -0.4 is 5.73 Å². The van der Waals surface area contributed by atoms with Crippen molar-refractivity contribution in [2.75, 3.05) is 6.54 Å². The van der Waals surface area contributed by atoms with Crippen molar-refractivity contribution in [3.05, 3.63) is 23.7 Å². The van der Waals surface area contributed by atoms with Crippen LogP contribution in [0.25, 0.3) is 0 Å². The smallest absolute Gasteiger partial charge is 0.122 e. The highest BCUT2D eigenvalue weighted by Crippen LogP contribution is 2.34. The number of furan rings is 1. The summed E-state index contributed by atoms with van der Waals surface area (Å²) >= 11 is 0. The SMILES string of the molecule is Cc1ccc(C(C(C)N)N(CC(C)C)C2CCCC2)o1. The van der Waals surface area contributed by atoms with Crippen molar-refractivity contribution in [1.82, 2.24) is 4.90 Å². The van der Waals surface area contributed by atoms with Gasteiger partial charge >= 0.3 is 0 Å². The second-order valence-corrected chi connectivity index (χ2v) is 6.78. The molecular weight excluding hydrogens is 248 g/mol. The maximum absolute atomic E-state index is 6.32. The molecule has 0 saturated heterocycles. The summed E-state index contributed by atoms with van der Waals surface area (Å²) in [4.78, 5) is 2.61.